The maximum atomic E-state index is 12.3. The lowest BCUT2D eigenvalue weighted by atomic mass is 10.1. The Balaban J connectivity index is 0.000000148. The highest BCUT2D eigenvalue weighted by Gasteiger charge is 2.35. The molecule has 0 bridgehead atoms. The number of aromatic nitrogens is 6. The van der Waals surface area contributed by atoms with Crippen molar-refractivity contribution < 1.29 is 62.7 Å². The summed E-state index contributed by atoms with van der Waals surface area (Å²) in [4.78, 5) is 58.2. The average molecular weight is 1240 g/mol. The Morgan fingerprint density at radius 3 is 1.48 bits per heavy atom. The Bertz CT molecular complexity index is 2550. The Hall–Kier alpha value is -4.00. The SMILES string of the molecule is CCn1ccnc(Br)c1=O.CCn1ccnc(N[C@H]2COC[C@@H]2OCC2CC2)c1=O.C[C@@H]1COC[C@@H]1OCC1CC1.N[C@H]1COC[C@@H]1OCC1CC1.O=C(O)Cn1c(Cl)cnc(N[C@H]2COC[C@@H]2OCC2CC2)c1=O.O[C@@H]1COC[C@@H]1O. The number of anilines is 2. The van der Waals surface area contributed by atoms with Crippen LogP contribution in [0.1, 0.15) is 72.1 Å². The van der Waals surface area contributed by atoms with E-state index in [2.05, 4.69) is 53.2 Å². The number of carboxylic acids is 1. The maximum Gasteiger partial charge on any atom is 0.323 e. The quantitative estimate of drug-likeness (QED) is 0.0947. The number of halogens is 2. The van der Waals surface area contributed by atoms with Crippen LogP contribution in [0, 0.1) is 29.6 Å². The molecule has 10 atom stereocenters. The summed E-state index contributed by atoms with van der Waals surface area (Å²) in [5.74, 6) is 2.94. The van der Waals surface area contributed by atoms with E-state index in [9.17, 15) is 19.2 Å². The van der Waals surface area contributed by atoms with E-state index >= 15 is 0 Å². The second-order valence-corrected chi connectivity index (χ2v) is 23.3. The van der Waals surface area contributed by atoms with Crippen LogP contribution in [0.5, 0.6) is 0 Å². The largest absolute Gasteiger partial charge is 0.480 e. The lowest BCUT2D eigenvalue weighted by Crippen LogP contribution is -2.38. The Morgan fingerprint density at radius 2 is 1.05 bits per heavy atom. The van der Waals surface area contributed by atoms with Gasteiger partial charge in [0.1, 0.15) is 36.1 Å². The molecule has 9 fully saturated rings. The molecule has 8 heterocycles. The Kier molecular flexibility index (Phi) is 26.9. The molecule has 12 rings (SSSR count). The van der Waals surface area contributed by atoms with Crippen LogP contribution in [0.2, 0.25) is 5.15 Å². The first-order chi connectivity index (χ1) is 39.6. The molecule has 3 aromatic heterocycles. The van der Waals surface area contributed by atoms with Crippen molar-refractivity contribution in [1.29, 1.82) is 0 Å². The smallest absolute Gasteiger partial charge is 0.323 e. The van der Waals surface area contributed by atoms with Gasteiger partial charge in [-0.1, -0.05) is 18.5 Å². The van der Waals surface area contributed by atoms with Crippen molar-refractivity contribution in [3.05, 3.63) is 71.8 Å². The van der Waals surface area contributed by atoms with Gasteiger partial charge in [-0.2, -0.15) is 0 Å². The molecule has 82 heavy (non-hydrogen) atoms. The zero-order valence-electron chi connectivity index (χ0n) is 47.3. The molecule has 0 amide bonds. The maximum absolute atomic E-state index is 12.3. The first-order valence-corrected chi connectivity index (χ1v) is 30.0. The van der Waals surface area contributed by atoms with Crippen LogP contribution in [0.3, 0.4) is 0 Å². The summed E-state index contributed by atoms with van der Waals surface area (Å²) >= 11 is 8.88. The third kappa shape index (κ3) is 22.1. The van der Waals surface area contributed by atoms with E-state index in [4.69, 9.17) is 70.5 Å². The van der Waals surface area contributed by atoms with Crippen molar-refractivity contribution in [2.75, 3.05) is 103 Å². The highest BCUT2D eigenvalue weighted by Crippen LogP contribution is 2.32. The first-order valence-electron chi connectivity index (χ1n) is 28.8. The molecule has 0 aromatic carbocycles. The fourth-order valence-corrected chi connectivity index (χ4v) is 9.15. The number of aryl methyl sites for hydroxylation is 2. The average Bonchev–Trinajstić information content (AvgIpc) is 4.49. The number of nitrogens with two attached hydrogens (primary N) is 1. The van der Waals surface area contributed by atoms with E-state index in [0.717, 1.165) is 55.4 Å². The number of aliphatic carboxylic acids is 1. The van der Waals surface area contributed by atoms with Crippen molar-refractivity contribution in [2.24, 2.45) is 35.3 Å². The molecule has 0 spiro atoms. The predicted octanol–water partition coefficient (Wildman–Crippen LogP) is 2.81. The van der Waals surface area contributed by atoms with Gasteiger partial charge in [0.15, 0.2) is 16.2 Å². The molecule has 7 N–H and O–H groups in total. The van der Waals surface area contributed by atoms with Crippen molar-refractivity contribution in [3.63, 3.8) is 0 Å². The highest BCUT2D eigenvalue weighted by atomic mass is 79.9. The predicted molar refractivity (Wildman–Crippen MR) is 305 cm³/mol. The molecular weight excluding hydrogens is 1160 g/mol. The van der Waals surface area contributed by atoms with Gasteiger partial charge in [0, 0.05) is 70.2 Å². The second kappa shape index (κ2) is 33.6. The monoisotopic (exact) mass is 1240 g/mol. The van der Waals surface area contributed by atoms with Gasteiger partial charge in [0.25, 0.3) is 16.7 Å². The molecule has 27 heteroatoms. The van der Waals surface area contributed by atoms with E-state index in [1.807, 2.05) is 13.8 Å². The van der Waals surface area contributed by atoms with Gasteiger partial charge >= 0.3 is 5.97 Å². The van der Waals surface area contributed by atoms with Crippen molar-refractivity contribution in [3.8, 4) is 0 Å². The number of hydrogen-bond acceptors (Lipinski definition) is 21. The molecule has 9 aliphatic rings. The molecule has 0 radical (unpaired) electrons. The number of ether oxygens (including phenoxy) is 9. The molecule has 460 valence electrons. The number of hydrogen-bond donors (Lipinski definition) is 6. The summed E-state index contributed by atoms with van der Waals surface area (Å²) in [6.07, 6.45) is 17.3. The zero-order valence-corrected chi connectivity index (χ0v) is 49.7. The molecule has 3 aromatic rings. The summed E-state index contributed by atoms with van der Waals surface area (Å²) in [7, 11) is 0. The van der Waals surface area contributed by atoms with E-state index < -0.39 is 30.3 Å². The summed E-state index contributed by atoms with van der Waals surface area (Å²) < 4.78 is 53.6. The third-order valence-corrected chi connectivity index (χ3v) is 15.7. The van der Waals surface area contributed by atoms with Gasteiger partial charge in [-0.15, -0.1) is 0 Å². The standard InChI is InChI=1S/C14H18ClN3O5.C14H21N3O3.C9H16O2.C8H15NO2.C6H7BrN2O.C4H8O3/c15-11-3-16-13(14(21)18(11)4-12(19)20)17-9-6-22-7-10(9)23-5-8-1-2-8;1-2-17-6-5-15-13(14(17)18)16-11-8-19-9-12(11)20-7-10-3-4-10;1-7-4-10-6-9(7)11-5-8-2-3-8;9-7-4-10-5-8(7)11-3-6-1-2-6;1-2-9-4-3-8-5(7)6(9)10;5-3-1-7-2-4(3)6/h3,8-10H,1-2,4-7H2,(H,16,17)(H,19,20);5-6,10-12H,2-4,7-9H2,1H3,(H,15,16);7-9H,2-6H2,1H3;6-8H,1-5,9H2;3-4H,2H2,1H3;3-6H,1-2H2/t9-,10-;11-,12-;7-,9+;7-,8-;;3-,4+/m0010../s1. The number of nitrogens with zero attached hydrogens (tertiary/aromatic N) is 6. The van der Waals surface area contributed by atoms with Crippen LogP contribution in [0.25, 0.3) is 0 Å². The van der Waals surface area contributed by atoms with Crippen LogP contribution >= 0.6 is 27.5 Å². The minimum atomic E-state index is -1.15. The van der Waals surface area contributed by atoms with Crippen molar-refractivity contribution in [2.45, 2.75) is 147 Å². The van der Waals surface area contributed by atoms with Crippen LogP contribution < -0.4 is 33.0 Å². The molecule has 5 aliphatic heterocycles. The summed E-state index contributed by atoms with van der Waals surface area (Å²) in [5, 5.41) is 32.3. The molecule has 5 saturated heterocycles. The summed E-state index contributed by atoms with van der Waals surface area (Å²) in [6, 6.07) is -0.0937. The number of aliphatic hydroxyl groups is 2. The van der Waals surface area contributed by atoms with Crippen LogP contribution in [0.15, 0.2) is 50.0 Å². The number of rotatable bonds is 20. The number of nitrogens with one attached hydrogen (secondary N) is 2. The van der Waals surface area contributed by atoms with E-state index in [0.29, 0.717) is 87.7 Å². The highest BCUT2D eigenvalue weighted by molar-refractivity contribution is 9.10. The Labute approximate surface area is 491 Å². The van der Waals surface area contributed by atoms with Gasteiger partial charge in [-0.3, -0.25) is 23.7 Å². The third-order valence-electron chi connectivity index (χ3n) is 14.8. The zero-order chi connectivity index (χ0) is 58.5. The molecule has 0 unspecified atom stereocenters. The summed E-state index contributed by atoms with van der Waals surface area (Å²) in [6.45, 7) is 15.8. The number of carboxylic acid groups (broad SMARTS) is 1. The van der Waals surface area contributed by atoms with Crippen molar-refractivity contribution >= 4 is 45.1 Å². The molecule has 4 aliphatic carbocycles. The lowest BCUT2D eigenvalue weighted by Gasteiger charge is -2.20. The van der Waals surface area contributed by atoms with Gasteiger partial charge in [-0.05, 0) is 105 Å². The minimum Gasteiger partial charge on any atom is -0.480 e. The van der Waals surface area contributed by atoms with Gasteiger partial charge in [0.05, 0.1) is 103 Å². The fraction of sp³-hybridized carbons (Fsp3) is 0.764. The first kappa shape index (κ1) is 65.5. The normalized spacial score (nSPS) is 28.0. The second-order valence-electron chi connectivity index (χ2n) is 22.1. The lowest BCUT2D eigenvalue weighted by molar-refractivity contribution is -0.137. The van der Waals surface area contributed by atoms with Crippen LogP contribution in [-0.2, 0) is 67.1 Å². The molecule has 25 nitrogen and oxygen atoms in total. The number of carbonyl (C=O) groups is 1. The van der Waals surface area contributed by atoms with Gasteiger partial charge < -0.3 is 83.5 Å². The number of aliphatic hydroxyl groups excluding tert-OH is 2. The van der Waals surface area contributed by atoms with Crippen LogP contribution in [-0.4, -0.2) is 197 Å². The van der Waals surface area contributed by atoms with Gasteiger partial charge in [-0.25, -0.2) is 15.0 Å². The van der Waals surface area contributed by atoms with E-state index in [-0.39, 0.29) is 71.7 Å². The summed E-state index contributed by atoms with van der Waals surface area (Å²) in [5.41, 5.74) is 4.99. The van der Waals surface area contributed by atoms with Crippen molar-refractivity contribution in [1.82, 2.24) is 28.7 Å². The van der Waals surface area contributed by atoms with Gasteiger partial charge in [0.2, 0.25) is 0 Å². The van der Waals surface area contributed by atoms with Crippen LogP contribution in [0.4, 0.5) is 11.6 Å². The molecule has 4 saturated carbocycles. The minimum absolute atomic E-state index is 0.00153. The molecular formula is C55H85BrClN9O16. The van der Waals surface area contributed by atoms with E-state index in [1.54, 1.807) is 33.9 Å². The fourth-order valence-electron chi connectivity index (χ4n) is 8.62. The topological polar surface area (TPSA) is 316 Å². The Morgan fingerprint density at radius 1 is 0.622 bits per heavy atom. The van der Waals surface area contributed by atoms with E-state index in [1.165, 1.54) is 57.6 Å².